The first kappa shape index (κ1) is 20.6. The Hall–Kier alpha value is -2.73. The number of benzene rings is 2. The summed E-state index contributed by atoms with van der Waals surface area (Å²) in [5.74, 6) is -0.547. The third-order valence-electron chi connectivity index (χ3n) is 3.66. The quantitative estimate of drug-likeness (QED) is 0.740. The Labute approximate surface area is 158 Å². The maximum absolute atomic E-state index is 14.3. The minimum atomic E-state index is -1.09. The summed E-state index contributed by atoms with van der Waals surface area (Å²) in [4.78, 5) is 23.9. The van der Waals surface area contributed by atoms with Crippen LogP contribution in [0, 0.1) is 5.82 Å². The van der Waals surface area contributed by atoms with Crippen molar-refractivity contribution in [2.45, 2.75) is 45.1 Å². The molecule has 0 saturated heterocycles. The number of amides is 1. The highest BCUT2D eigenvalue weighted by molar-refractivity contribution is 5.70. The van der Waals surface area contributed by atoms with E-state index in [0.29, 0.717) is 6.29 Å². The lowest BCUT2D eigenvalue weighted by Gasteiger charge is -2.27. The Morgan fingerprint density at radius 1 is 1.11 bits per heavy atom. The van der Waals surface area contributed by atoms with Crippen LogP contribution < -0.4 is 5.32 Å². The summed E-state index contributed by atoms with van der Waals surface area (Å²) < 4.78 is 25.2. The Morgan fingerprint density at radius 3 is 2.33 bits per heavy atom. The zero-order valence-corrected chi connectivity index (χ0v) is 15.6. The van der Waals surface area contributed by atoms with Crippen molar-refractivity contribution in [2.24, 2.45) is 0 Å². The summed E-state index contributed by atoms with van der Waals surface area (Å²) in [5.41, 5.74) is 0.272. The molecular formula is C21H24FNO4. The molecule has 0 aliphatic rings. The molecule has 6 heteroatoms. The second kappa shape index (κ2) is 9.28. The summed E-state index contributed by atoms with van der Waals surface area (Å²) in [5, 5.41) is 2.56. The van der Waals surface area contributed by atoms with Crippen LogP contribution in [0.1, 0.15) is 37.9 Å². The van der Waals surface area contributed by atoms with Crippen LogP contribution in [0.4, 0.5) is 9.18 Å². The van der Waals surface area contributed by atoms with Gasteiger partial charge in [-0.2, -0.15) is 0 Å². The van der Waals surface area contributed by atoms with Gasteiger partial charge in [0.1, 0.15) is 17.5 Å². The van der Waals surface area contributed by atoms with Gasteiger partial charge in [-0.1, -0.05) is 48.5 Å². The first-order valence-electron chi connectivity index (χ1n) is 8.65. The summed E-state index contributed by atoms with van der Waals surface area (Å²) >= 11 is 0. The molecule has 0 aliphatic heterocycles. The molecule has 1 N–H and O–H groups in total. The number of halogens is 1. The van der Waals surface area contributed by atoms with Gasteiger partial charge in [0.25, 0.3) is 0 Å². The Bertz CT molecular complexity index is 758. The first-order valence-corrected chi connectivity index (χ1v) is 8.65. The molecule has 0 aliphatic carbocycles. The molecule has 2 atom stereocenters. The van der Waals surface area contributed by atoms with Crippen molar-refractivity contribution in [2.75, 3.05) is 0 Å². The summed E-state index contributed by atoms with van der Waals surface area (Å²) in [6, 6.07) is 14.2. The molecule has 1 amide bonds. The second-order valence-corrected chi connectivity index (χ2v) is 7.04. The molecule has 5 nitrogen and oxygen atoms in total. The lowest BCUT2D eigenvalue weighted by atomic mass is 10.0. The van der Waals surface area contributed by atoms with Gasteiger partial charge < -0.3 is 19.6 Å². The predicted octanol–water partition coefficient (Wildman–Crippen LogP) is 4.18. The van der Waals surface area contributed by atoms with Crippen LogP contribution in [0.3, 0.4) is 0 Å². The molecule has 27 heavy (non-hydrogen) atoms. The van der Waals surface area contributed by atoms with E-state index >= 15 is 0 Å². The van der Waals surface area contributed by atoms with Crippen molar-refractivity contribution in [3.63, 3.8) is 0 Å². The molecule has 2 unspecified atom stereocenters. The molecule has 2 rings (SSSR count). The van der Waals surface area contributed by atoms with E-state index in [2.05, 4.69) is 5.32 Å². The van der Waals surface area contributed by atoms with Gasteiger partial charge in [-0.15, -0.1) is 0 Å². The van der Waals surface area contributed by atoms with Crippen LogP contribution in [-0.4, -0.2) is 24.1 Å². The van der Waals surface area contributed by atoms with E-state index in [9.17, 15) is 14.0 Å². The Morgan fingerprint density at radius 2 is 1.74 bits per heavy atom. The fourth-order valence-electron chi connectivity index (χ4n) is 2.48. The molecule has 0 saturated carbocycles. The Balaban J connectivity index is 2.22. The molecule has 0 fully saturated rings. The zero-order valence-electron chi connectivity index (χ0n) is 15.6. The van der Waals surface area contributed by atoms with Crippen molar-refractivity contribution in [1.29, 1.82) is 0 Å². The van der Waals surface area contributed by atoms with Crippen molar-refractivity contribution in [1.82, 2.24) is 5.32 Å². The average Bonchev–Trinajstić information content (AvgIpc) is 2.61. The van der Waals surface area contributed by atoms with Gasteiger partial charge in [-0.25, -0.2) is 9.18 Å². The molecule has 144 valence electrons. The molecule has 0 aromatic heterocycles. The van der Waals surface area contributed by atoms with Crippen LogP contribution in [-0.2, 0) is 20.9 Å². The maximum Gasteiger partial charge on any atom is 0.408 e. The van der Waals surface area contributed by atoms with Crippen molar-refractivity contribution < 1.29 is 23.5 Å². The normalized spacial score (nSPS) is 13.5. The van der Waals surface area contributed by atoms with Crippen LogP contribution in [0.2, 0.25) is 0 Å². The summed E-state index contributed by atoms with van der Waals surface area (Å²) in [6.07, 6.45) is -1.29. The van der Waals surface area contributed by atoms with E-state index in [1.807, 2.05) is 30.3 Å². The lowest BCUT2D eigenvalue weighted by molar-refractivity contribution is -0.121. The number of carbonyl (C=O) groups is 2. The lowest BCUT2D eigenvalue weighted by Crippen LogP contribution is -2.41. The smallest absolute Gasteiger partial charge is 0.408 e. The van der Waals surface area contributed by atoms with E-state index in [1.54, 1.807) is 26.8 Å². The van der Waals surface area contributed by atoms with Gasteiger partial charge in [0.2, 0.25) is 0 Å². The van der Waals surface area contributed by atoms with Gasteiger partial charge in [-0.3, -0.25) is 0 Å². The van der Waals surface area contributed by atoms with Crippen molar-refractivity contribution in [3.8, 4) is 0 Å². The first-order chi connectivity index (χ1) is 12.8. The maximum atomic E-state index is 14.3. The van der Waals surface area contributed by atoms with E-state index in [0.717, 1.165) is 5.56 Å². The molecule has 0 spiro atoms. The second-order valence-electron chi connectivity index (χ2n) is 7.04. The van der Waals surface area contributed by atoms with E-state index in [1.165, 1.54) is 18.2 Å². The molecule has 2 aromatic carbocycles. The minimum absolute atomic E-state index is 0.144. The average molecular weight is 373 g/mol. The number of aldehydes is 1. The van der Waals surface area contributed by atoms with Crippen molar-refractivity contribution in [3.05, 3.63) is 71.5 Å². The molecule has 0 heterocycles. The SMILES string of the molecule is CC(C)(C)OC(=O)NC(c1ccccc1F)C(C=O)OCc1ccccc1. The number of hydrogen-bond donors (Lipinski definition) is 1. The van der Waals surface area contributed by atoms with E-state index in [4.69, 9.17) is 9.47 Å². The molecule has 0 radical (unpaired) electrons. The number of ether oxygens (including phenoxy) is 2. The highest BCUT2D eigenvalue weighted by atomic mass is 19.1. The largest absolute Gasteiger partial charge is 0.444 e. The van der Waals surface area contributed by atoms with Crippen LogP contribution >= 0.6 is 0 Å². The van der Waals surface area contributed by atoms with Gasteiger partial charge in [0, 0.05) is 5.56 Å². The fraction of sp³-hybridized carbons (Fsp3) is 0.333. The van der Waals surface area contributed by atoms with E-state index in [-0.39, 0.29) is 12.2 Å². The third kappa shape index (κ3) is 6.49. The summed E-state index contributed by atoms with van der Waals surface area (Å²) in [6.45, 7) is 5.29. The van der Waals surface area contributed by atoms with Crippen LogP contribution in [0.5, 0.6) is 0 Å². The summed E-state index contributed by atoms with van der Waals surface area (Å²) in [7, 11) is 0. The standard InChI is InChI=1S/C21H24FNO4/c1-21(2,3)27-20(25)23-19(16-11-7-8-12-17(16)22)18(13-24)26-14-15-9-5-4-6-10-15/h4-13,18-19H,14H2,1-3H3,(H,23,25). The Kier molecular flexibility index (Phi) is 7.07. The third-order valence-corrected chi connectivity index (χ3v) is 3.66. The van der Waals surface area contributed by atoms with Gasteiger partial charge in [0.05, 0.1) is 12.6 Å². The van der Waals surface area contributed by atoms with Crippen LogP contribution in [0.25, 0.3) is 0 Å². The highest BCUT2D eigenvalue weighted by Crippen LogP contribution is 2.23. The minimum Gasteiger partial charge on any atom is -0.444 e. The predicted molar refractivity (Wildman–Crippen MR) is 99.6 cm³/mol. The number of hydrogen-bond acceptors (Lipinski definition) is 4. The van der Waals surface area contributed by atoms with Gasteiger partial charge in [0.15, 0.2) is 6.29 Å². The molecular weight excluding hydrogens is 349 g/mol. The zero-order chi connectivity index (χ0) is 19.9. The van der Waals surface area contributed by atoms with Crippen molar-refractivity contribution >= 4 is 12.4 Å². The molecule has 0 bridgehead atoms. The fourth-order valence-corrected chi connectivity index (χ4v) is 2.48. The van der Waals surface area contributed by atoms with E-state index < -0.39 is 29.7 Å². The van der Waals surface area contributed by atoms with Crippen LogP contribution in [0.15, 0.2) is 54.6 Å². The molecule has 2 aromatic rings. The number of carbonyl (C=O) groups excluding carboxylic acids is 2. The van der Waals surface area contributed by atoms with Gasteiger partial charge in [-0.05, 0) is 32.4 Å². The number of nitrogens with one attached hydrogen (secondary N) is 1. The number of alkyl carbamates (subject to hydrolysis) is 1. The van der Waals surface area contributed by atoms with Gasteiger partial charge >= 0.3 is 6.09 Å². The number of rotatable bonds is 7. The topological polar surface area (TPSA) is 64.6 Å². The monoisotopic (exact) mass is 373 g/mol. The highest BCUT2D eigenvalue weighted by Gasteiger charge is 2.29.